The van der Waals surface area contributed by atoms with E-state index in [1.807, 2.05) is 30.3 Å². The molecule has 0 radical (unpaired) electrons. The first-order valence-corrected chi connectivity index (χ1v) is 8.98. The van der Waals surface area contributed by atoms with Crippen LogP contribution in [0.5, 0.6) is 0 Å². The quantitative estimate of drug-likeness (QED) is 0.722. The fourth-order valence-corrected chi connectivity index (χ4v) is 2.41. The maximum atomic E-state index is 5.47. The minimum absolute atomic E-state index is 0.828. The fourth-order valence-electron chi connectivity index (χ4n) is 1.60. The first kappa shape index (κ1) is 12.9. The Kier molecular flexibility index (Phi) is 3.88. The molecule has 18 heavy (non-hydrogen) atoms. The molecule has 0 aliphatic rings. The number of nitrogens with zero attached hydrogens (tertiary/aromatic N) is 1. The lowest BCUT2D eigenvalue weighted by Crippen LogP contribution is -1.80. The number of rotatable bonds is 3. The summed E-state index contributed by atoms with van der Waals surface area (Å²) >= 11 is 0. The van der Waals surface area contributed by atoms with Gasteiger partial charge in [-0.1, -0.05) is 30.3 Å². The van der Waals surface area contributed by atoms with Crippen molar-refractivity contribution in [3.63, 3.8) is 0 Å². The van der Waals surface area contributed by atoms with E-state index >= 15 is 0 Å². The molecule has 0 aliphatic carbocycles. The van der Waals surface area contributed by atoms with Crippen LogP contribution in [-0.4, -0.2) is 20.0 Å². The van der Waals surface area contributed by atoms with Crippen LogP contribution in [0.3, 0.4) is 0 Å². The van der Waals surface area contributed by atoms with Crippen molar-refractivity contribution in [1.29, 1.82) is 0 Å². The third-order valence-corrected chi connectivity index (χ3v) is 3.10. The second kappa shape index (κ2) is 5.41. The molecule has 1 heterocycles. The minimum Gasteiger partial charge on any atom is -0.463 e. The zero-order valence-electron chi connectivity index (χ0n) is 11.0. The van der Waals surface area contributed by atoms with Gasteiger partial charge >= 0.3 is 0 Å². The van der Waals surface area contributed by atoms with Crippen LogP contribution in [0, 0.1) is 0 Å². The average Bonchev–Trinajstić information content (AvgIpc) is 2.81. The van der Waals surface area contributed by atoms with E-state index in [1.54, 1.807) is 6.26 Å². The highest BCUT2D eigenvalue weighted by atomic mass is 31.2. The van der Waals surface area contributed by atoms with Crippen molar-refractivity contribution < 1.29 is 4.42 Å². The third-order valence-electron chi connectivity index (χ3n) is 2.28. The first-order valence-electron chi connectivity index (χ1n) is 5.90. The van der Waals surface area contributed by atoms with Crippen LogP contribution < -0.4 is 0 Å². The molecule has 0 saturated carbocycles. The SMILES string of the molecule is CP(C)(C)=N/C(=C\c1ccccc1)c1ccco1. The molecule has 0 atom stereocenters. The molecule has 2 aromatic rings. The summed E-state index contributed by atoms with van der Waals surface area (Å²) in [5, 5.41) is 0. The van der Waals surface area contributed by atoms with E-state index in [1.165, 1.54) is 0 Å². The van der Waals surface area contributed by atoms with Gasteiger partial charge in [0, 0.05) is 0 Å². The standard InChI is InChI=1S/C15H18NOP/c1-18(2,3)16-14(15-10-7-11-17-15)12-13-8-5-4-6-9-13/h4-12H,1-3H3/b14-12-. The Hall–Kier alpha value is -1.53. The highest BCUT2D eigenvalue weighted by Gasteiger charge is 2.06. The Labute approximate surface area is 108 Å². The molecule has 1 aromatic heterocycles. The zero-order chi connectivity index (χ0) is 13.0. The summed E-state index contributed by atoms with van der Waals surface area (Å²) < 4.78 is 10.3. The first-order chi connectivity index (χ1) is 8.54. The maximum absolute atomic E-state index is 5.47. The molecule has 2 rings (SSSR count). The Bertz CT molecular complexity index is 568. The maximum Gasteiger partial charge on any atom is 0.152 e. The van der Waals surface area contributed by atoms with Gasteiger partial charge < -0.3 is 4.42 Å². The molecule has 0 fully saturated rings. The van der Waals surface area contributed by atoms with Crippen molar-refractivity contribution in [1.82, 2.24) is 0 Å². The zero-order valence-corrected chi connectivity index (χ0v) is 11.9. The number of benzene rings is 1. The summed E-state index contributed by atoms with van der Waals surface area (Å²) in [5.74, 6) is 0.828. The highest BCUT2D eigenvalue weighted by Crippen LogP contribution is 2.40. The van der Waals surface area contributed by atoms with E-state index in [9.17, 15) is 0 Å². The van der Waals surface area contributed by atoms with Gasteiger partial charge in [0.25, 0.3) is 0 Å². The van der Waals surface area contributed by atoms with Crippen molar-refractivity contribution >= 4 is 18.8 Å². The van der Waals surface area contributed by atoms with Crippen LogP contribution in [0.2, 0.25) is 0 Å². The summed E-state index contributed by atoms with van der Waals surface area (Å²) in [6.45, 7) is 6.57. The lowest BCUT2D eigenvalue weighted by atomic mass is 10.2. The predicted molar refractivity (Wildman–Crippen MR) is 80.1 cm³/mol. The van der Waals surface area contributed by atoms with E-state index in [0.29, 0.717) is 0 Å². The Balaban J connectivity index is 2.47. The summed E-state index contributed by atoms with van der Waals surface area (Å²) in [4.78, 5) is 0. The summed E-state index contributed by atoms with van der Waals surface area (Å²) in [7, 11) is -1.25. The third kappa shape index (κ3) is 3.75. The lowest BCUT2D eigenvalue weighted by Gasteiger charge is -2.08. The number of furan rings is 1. The molecule has 0 N–H and O–H groups in total. The Morgan fingerprint density at radius 1 is 1.06 bits per heavy atom. The van der Waals surface area contributed by atoms with E-state index in [-0.39, 0.29) is 0 Å². The molecule has 1 aromatic carbocycles. The molecule has 0 saturated heterocycles. The van der Waals surface area contributed by atoms with Crippen LogP contribution >= 0.6 is 7.05 Å². The topological polar surface area (TPSA) is 25.5 Å². The smallest absolute Gasteiger partial charge is 0.152 e. The molecule has 0 amide bonds. The molecule has 3 heteroatoms. The monoisotopic (exact) mass is 259 g/mol. The Morgan fingerprint density at radius 2 is 1.78 bits per heavy atom. The van der Waals surface area contributed by atoms with Crippen LogP contribution in [0.1, 0.15) is 11.3 Å². The van der Waals surface area contributed by atoms with E-state index in [2.05, 4.69) is 38.2 Å². The minimum atomic E-state index is -1.25. The molecule has 2 nitrogen and oxygen atoms in total. The van der Waals surface area contributed by atoms with Gasteiger partial charge in [-0.05, 0) is 50.8 Å². The van der Waals surface area contributed by atoms with Crippen molar-refractivity contribution in [3.8, 4) is 0 Å². The van der Waals surface area contributed by atoms with Crippen LogP contribution in [0.4, 0.5) is 0 Å². The van der Waals surface area contributed by atoms with Gasteiger partial charge in [-0.15, -0.1) is 0 Å². The fraction of sp³-hybridized carbons (Fsp3) is 0.200. The number of hydrogen-bond donors (Lipinski definition) is 0. The van der Waals surface area contributed by atoms with E-state index in [4.69, 9.17) is 9.16 Å². The molecule has 0 unspecified atom stereocenters. The molecule has 0 spiro atoms. The van der Waals surface area contributed by atoms with Gasteiger partial charge in [-0.3, -0.25) is 4.74 Å². The molecule has 94 valence electrons. The van der Waals surface area contributed by atoms with E-state index in [0.717, 1.165) is 17.0 Å². The lowest BCUT2D eigenvalue weighted by molar-refractivity contribution is 0.552. The average molecular weight is 259 g/mol. The van der Waals surface area contributed by atoms with Gasteiger partial charge in [0.1, 0.15) is 5.70 Å². The Morgan fingerprint density at radius 3 is 2.33 bits per heavy atom. The summed E-state index contributed by atoms with van der Waals surface area (Å²) in [6.07, 6.45) is 3.76. The van der Waals surface area contributed by atoms with Gasteiger partial charge in [-0.25, -0.2) is 0 Å². The molecule has 0 aliphatic heterocycles. The van der Waals surface area contributed by atoms with Crippen LogP contribution in [-0.2, 0) is 0 Å². The van der Waals surface area contributed by atoms with Gasteiger partial charge in [0.15, 0.2) is 5.76 Å². The molecular weight excluding hydrogens is 241 g/mol. The normalized spacial score (nSPS) is 12.5. The van der Waals surface area contributed by atoms with Crippen molar-refractivity contribution in [2.75, 3.05) is 20.0 Å². The highest BCUT2D eigenvalue weighted by molar-refractivity contribution is 7.64. The second-order valence-electron chi connectivity index (χ2n) is 4.96. The molecular formula is C15H18NOP. The van der Waals surface area contributed by atoms with Crippen LogP contribution in [0.15, 0.2) is 57.9 Å². The molecule has 0 bridgehead atoms. The van der Waals surface area contributed by atoms with Crippen molar-refractivity contribution in [2.45, 2.75) is 0 Å². The summed E-state index contributed by atoms with van der Waals surface area (Å²) in [6, 6.07) is 14.0. The van der Waals surface area contributed by atoms with Gasteiger partial charge in [-0.2, -0.15) is 0 Å². The second-order valence-corrected chi connectivity index (χ2v) is 9.04. The summed E-state index contributed by atoms with van der Waals surface area (Å²) in [5.41, 5.74) is 2.06. The van der Waals surface area contributed by atoms with E-state index < -0.39 is 7.05 Å². The predicted octanol–water partition coefficient (Wildman–Crippen LogP) is 4.87. The van der Waals surface area contributed by atoms with Crippen molar-refractivity contribution in [3.05, 3.63) is 60.1 Å². The largest absolute Gasteiger partial charge is 0.463 e. The number of hydrogen-bond acceptors (Lipinski definition) is 2. The van der Waals surface area contributed by atoms with Gasteiger partial charge in [0.2, 0.25) is 0 Å². The van der Waals surface area contributed by atoms with Gasteiger partial charge in [0.05, 0.1) is 6.26 Å². The van der Waals surface area contributed by atoms with Crippen molar-refractivity contribution in [2.24, 2.45) is 4.74 Å². The van der Waals surface area contributed by atoms with Crippen LogP contribution in [0.25, 0.3) is 11.8 Å².